The zero-order valence-corrected chi connectivity index (χ0v) is 16.1. The van der Waals surface area contributed by atoms with E-state index in [1.54, 1.807) is 0 Å². The third-order valence-corrected chi connectivity index (χ3v) is 6.73. The summed E-state index contributed by atoms with van der Waals surface area (Å²) in [4.78, 5) is 4.31. The van der Waals surface area contributed by atoms with Gasteiger partial charge in [-0.1, -0.05) is 29.8 Å². The monoisotopic (exact) mass is 380 g/mol. The Morgan fingerprint density at radius 3 is 2.52 bits per heavy atom. The van der Waals surface area contributed by atoms with Gasteiger partial charge in [-0.05, 0) is 85.6 Å². The van der Waals surface area contributed by atoms with Crippen LogP contribution in [0, 0.1) is 5.92 Å². The lowest BCUT2D eigenvalue weighted by atomic mass is 9.75. The molecule has 3 nitrogen and oxygen atoms in total. The summed E-state index contributed by atoms with van der Waals surface area (Å²) >= 11 is 6.17. The Hall–Kier alpha value is -1.84. The summed E-state index contributed by atoms with van der Waals surface area (Å²) in [6, 6.07) is 12.6. The number of halogens is 1. The van der Waals surface area contributed by atoms with E-state index in [1.165, 1.54) is 24.0 Å². The highest BCUT2D eigenvalue weighted by Gasteiger charge is 2.34. The molecule has 0 aliphatic heterocycles. The summed E-state index contributed by atoms with van der Waals surface area (Å²) in [5.74, 6) is 1.48. The van der Waals surface area contributed by atoms with Crippen molar-refractivity contribution in [2.24, 2.45) is 5.92 Å². The molecule has 27 heavy (non-hydrogen) atoms. The number of aliphatic hydroxyl groups is 1. The van der Waals surface area contributed by atoms with Crippen LogP contribution in [0.4, 0.5) is 0 Å². The zero-order valence-electron chi connectivity index (χ0n) is 15.4. The standard InChI is InChI=1S/C23H25ClN2O/c24-19-3-1-2-18(12-19)15-4-8-17(9-5-15)23(27)22-21(16-6-7-16)11-10-20-13-25-14-26(20)22/h1-3,10-17,23,27H,4-9H2/t15-,17-,23-/m0/s1. The molecule has 4 heteroatoms. The number of nitrogens with zero attached hydrogens (tertiary/aromatic N) is 2. The average molecular weight is 381 g/mol. The topological polar surface area (TPSA) is 37.5 Å². The van der Waals surface area contributed by atoms with E-state index in [1.807, 2.05) is 24.7 Å². The van der Waals surface area contributed by atoms with Crippen LogP contribution in [0.5, 0.6) is 0 Å². The lowest BCUT2D eigenvalue weighted by Gasteiger charge is -2.33. The third-order valence-electron chi connectivity index (χ3n) is 6.49. The Kier molecular flexibility index (Phi) is 4.45. The van der Waals surface area contributed by atoms with Crippen LogP contribution < -0.4 is 0 Å². The molecule has 0 radical (unpaired) electrons. The SMILES string of the molecule is O[C@H](c1c(C2CC2)ccc2cncn12)[C@H]1CC[C@H](c2cccc(Cl)c2)CC1. The molecule has 2 aliphatic rings. The van der Waals surface area contributed by atoms with E-state index >= 15 is 0 Å². The van der Waals surface area contributed by atoms with Crippen LogP contribution in [0.3, 0.4) is 0 Å². The first-order chi connectivity index (χ1) is 13.2. The van der Waals surface area contributed by atoms with Crippen LogP contribution >= 0.6 is 11.6 Å². The van der Waals surface area contributed by atoms with Crippen molar-refractivity contribution in [1.29, 1.82) is 0 Å². The van der Waals surface area contributed by atoms with E-state index in [0.29, 0.717) is 17.8 Å². The molecule has 1 atom stereocenters. The Morgan fingerprint density at radius 2 is 1.78 bits per heavy atom. The van der Waals surface area contributed by atoms with E-state index in [2.05, 4.69) is 33.7 Å². The second-order valence-electron chi connectivity index (χ2n) is 8.25. The van der Waals surface area contributed by atoms with Crippen molar-refractivity contribution in [3.05, 3.63) is 70.8 Å². The Morgan fingerprint density at radius 1 is 1.00 bits per heavy atom. The Bertz CT molecular complexity index is 954. The minimum atomic E-state index is -0.418. The van der Waals surface area contributed by atoms with Gasteiger partial charge in [-0.15, -0.1) is 0 Å². The van der Waals surface area contributed by atoms with Gasteiger partial charge in [-0.3, -0.25) is 0 Å². The molecule has 0 amide bonds. The maximum Gasteiger partial charge on any atom is 0.0995 e. The molecule has 2 saturated carbocycles. The van der Waals surface area contributed by atoms with E-state index in [9.17, 15) is 5.11 Å². The fraction of sp³-hybridized carbons (Fsp3) is 0.435. The largest absolute Gasteiger partial charge is 0.387 e. The van der Waals surface area contributed by atoms with E-state index in [4.69, 9.17) is 11.6 Å². The van der Waals surface area contributed by atoms with Gasteiger partial charge in [0.15, 0.2) is 0 Å². The van der Waals surface area contributed by atoms with Crippen molar-refractivity contribution in [2.75, 3.05) is 0 Å². The summed E-state index contributed by atoms with van der Waals surface area (Å²) in [5, 5.41) is 12.2. The number of aliphatic hydroxyl groups excluding tert-OH is 1. The van der Waals surface area contributed by atoms with Crippen LogP contribution in [-0.2, 0) is 0 Å². The normalized spacial score (nSPS) is 24.2. The summed E-state index contributed by atoms with van der Waals surface area (Å²) in [5.41, 5.74) is 4.82. The number of hydrogen-bond donors (Lipinski definition) is 1. The van der Waals surface area contributed by atoms with Gasteiger partial charge in [-0.25, -0.2) is 4.98 Å². The molecule has 2 heterocycles. The predicted molar refractivity (Wildman–Crippen MR) is 108 cm³/mol. The molecule has 1 N–H and O–H groups in total. The minimum absolute atomic E-state index is 0.311. The van der Waals surface area contributed by atoms with Crippen molar-refractivity contribution in [2.45, 2.75) is 56.5 Å². The van der Waals surface area contributed by atoms with Gasteiger partial charge in [0.1, 0.15) is 0 Å². The maximum atomic E-state index is 11.4. The highest BCUT2D eigenvalue weighted by Crippen LogP contribution is 2.47. The fourth-order valence-electron chi connectivity index (χ4n) is 4.83. The van der Waals surface area contributed by atoms with Gasteiger partial charge in [0.2, 0.25) is 0 Å². The third kappa shape index (κ3) is 3.28. The van der Waals surface area contributed by atoms with Crippen molar-refractivity contribution in [3.63, 3.8) is 0 Å². The summed E-state index contributed by atoms with van der Waals surface area (Å²) in [7, 11) is 0. The molecule has 0 bridgehead atoms. The van der Waals surface area contributed by atoms with Crippen molar-refractivity contribution in [1.82, 2.24) is 9.38 Å². The quantitative estimate of drug-likeness (QED) is 0.614. The highest BCUT2D eigenvalue weighted by atomic mass is 35.5. The van der Waals surface area contributed by atoms with Crippen molar-refractivity contribution >= 4 is 17.1 Å². The molecule has 5 rings (SSSR count). The number of imidazole rings is 1. The summed E-state index contributed by atoms with van der Waals surface area (Å²) in [6.07, 6.45) is 10.1. The van der Waals surface area contributed by atoms with E-state index < -0.39 is 6.10 Å². The van der Waals surface area contributed by atoms with Crippen LogP contribution in [-0.4, -0.2) is 14.5 Å². The Labute approximate surface area is 165 Å². The lowest BCUT2D eigenvalue weighted by Crippen LogP contribution is -2.22. The number of aromatic nitrogens is 2. The van der Waals surface area contributed by atoms with Gasteiger partial charge < -0.3 is 9.51 Å². The molecule has 0 spiro atoms. The van der Waals surface area contributed by atoms with Crippen LogP contribution in [0.15, 0.2) is 48.9 Å². The summed E-state index contributed by atoms with van der Waals surface area (Å²) in [6.45, 7) is 0. The number of pyridine rings is 1. The molecule has 140 valence electrons. The number of rotatable bonds is 4. The van der Waals surface area contributed by atoms with Crippen LogP contribution in [0.2, 0.25) is 5.02 Å². The Balaban J connectivity index is 1.38. The van der Waals surface area contributed by atoms with Gasteiger partial charge in [0.05, 0.1) is 29.8 Å². The number of hydrogen-bond acceptors (Lipinski definition) is 2. The number of fused-ring (bicyclic) bond motifs is 1. The van der Waals surface area contributed by atoms with Gasteiger partial charge >= 0.3 is 0 Å². The smallest absolute Gasteiger partial charge is 0.0995 e. The molecule has 0 saturated heterocycles. The average Bonchev–Trinajstić information content (AvgIpc) is 3.43. The first-order valence-corrected chi connectivity index (χ1v) is 10.5. The van der Waals surface area contributed by atoms with Crippen LogP contribution in [0.25, 0.3) is 5.52 Å². The van der Waals surface area contributed by atoms with E-state index in [-0.39, 0.29) is 0 Å². The highest BCUT2D eigenvalue weighted by molar-refractivity contribution is 6.30. The first-order valence-electron chi connectivity index (χ1n) is 10.1. The van der Waals surface area contributed by atoms with Gasteiger partial charge in [0, 0.05) is 5.02 Å². The lowest BCUT2D eigenvalue weighted by molar-refractivity contribution is 0.0754. The zero-order chi connectivity index (χ0) is 18.4. The molecule has 2 aliphatic carbocycles. The van der Waals surface area contributed by atoms with Gasteiger partial charge in [-0.2, -0.15) is 0 Å². The maximum absolute atomic E-state index is 11.4. The van der Waals surface area contributed by atoms with Gasteiger partial charge in [0.25, 0.3) is 0 Å². The predicted octanol–water partition coefficient (Wildman–Crippen LogP) is 5.87. The second-order valence-corrected chi connectivity index (χ2v) is 8.68. The van der Waals surface area contributed by atoms with E-state index in [0.717, 1.165) is 41.9 Å². The molecule has 0 unspecified atom stereocenters. The molecule has 2 fully saturated rings. The summed E-state index contributed by atoms with van der Waals surface area (Å²) < 4.78 is 2.11. The molecular formula is C23H25ClN2O. The van der Waals surface area contributed by atoms with Crippen molar-refractivity contribution < 1.29 is 5.11 Å². The fourth-order valence-corrected chi connectivity index (χ4v) is 5.03. The molecule has 3 aromatic rings. The minimum Gasteiger partial charge on any atom is -0.387 e. The van der Waals surface area contributed by atoms with Crippen molar-refractivity contribution in [3.8, 4) is 0 Å². The molecular weight excluding hydrogens is 356 g/mol. The molecule has 2 aromatic heterocycles. The van der Waals surface area contributed by atoms with Crippen LogP contribution in [0.1, 0.15) is 73.3 Å². The molecule has 1 aromatic carbocycles. The number of benzene rings is 1. The first kappa shape index (κ1) is 17.3. The second kappa shape index (κ2) is 6.96.